The summed E-state index contributed by atoms with van der Waals surface area (Å²) in [6.45, 7) is 6.21. The normalized spacial score (nSPS) is 12.6. The fourth-order valence-corrected chi connectivity index (χ4v) is 2.81. The fourth-order valence-electron chi connectivity index (χ4n) is 2.11. The van der Waals surface area contributed by atoms with E-state index in [-0.39, 0.29) is 6.04 Å². The predicted octanol–water partition coefficient (Wildman–Crippen LogP) is 3.60. The molecule has 19 heavy (non-hydrogen) atoms. The van der Waals surface area contributed by atoms with Gasteiger partial charge in [-0.2, -0.15) is 5.10 Å². The first-order valence-electron chi connectivity index (χ1n) is 6.76. The summed E-state index contributed by atoms with van der Waals surface area (Å²) < 4.78 is 3.27. The Hall–Kier alpha value is -0.880. The van der Waals surface area contributed by atoms with Crippen LogP contribution in [-0.2, 0) is 6.54 Å². The van der Waals surface area contributed by atoms with Gasteiger partial charge in [-0.05, 0) is 54.1 Å². The van der Waals surface area contributed by atoms with Crippen LogP contribution in [0.25, 0.3) is 0 Å². The molecule has 4 heteroatoms. The second-order valence-corrected chi connectivity index (χ2v) is 5.70. The van der Waals surface area contributed by atoms with E-state index in [1.807, 2.05) is 10.9 Å². The summed E-state index contributed by atoms with van der Waals surface area (Å²) >= 11 is 2.40. The van der Waals surface area contributed by atoms with E-state index < -0.39 is 0 Å². The number of rotatable bonds is 6. The maximum atomic E-state index is 4.39. The number of aromatic nitrogens is 2. The van der Waals surface area contributed by atoms with Crippen molar-refractivity contribution in [2.24, 2.45) is 0 Å². The summed E-state index contributed by atoms with van der Waals surface area (Å²) in [6, 6.07) is 8.76. The van der Waals surface area contributed by atoms with E-state index in [4.69, 9.17) is 0 Å². The van der Waals surface area contributed by atoms with Crippen molar-refractivity contribution in [3.05, 3.63) is 51.4 Å². The van der Waals surface area contributed by atoms with Crippen LogP contribution in [0.3, 0.4) is 0 Å². The van der Waals surface area contributed by atoms with E-state index >= 15 is 0 Å². The molecule has 2 rings (SSSR count). The number of nitrogens with zero attached hydrogens (tertiary/aromatic N) is 2. The van der Waals surface area contributed by atoms with Gasteiger partial charge in [-0.25, -0.2) is 0 Å². The molecule has 0 radical (unpaired) electrons. The summed E-state index contributed by atoms with van der Waals surface area (Å²) in [5.41, 5.74) is 2.56. The Morgan fingerprint density at radius 3 is 2.74 bits per heavy atom. The zero-order chi connectivity index (χ0) is 13.7. The molecule has 1 N–H and O–H groups in total. The Labute approximate surface area is 128 Å². The first-order valence-corrected chi connectivity index (χ1v) is 7.84. The average molecular weight is 369 g/mol. The number of aryl methyl sites for hydroxylation is 1. The number of hydrogen-bond acceptors (Lipinski definition) is 2. The first kappa shape index (κ1) is 14.5. The lowest BCUT2D eigenvalue weighted by molar-refractivity contribution is 0.594. The van der Waals surface area contributed by atoms with E-state index in [9.17, 15) is 0 Å². The van der Waals surface area contributed by atoms with Crippen molar-refractivity contribution >= 4 is 22.6 Å². The Kier molecular flexibility index (Phi) is 5.39. The lowest BCUT2D eigenvalue weighted by atomic mass is 10.0. The van der Waals surface area contributed by atoms with Gasteiger partial charge in [0.15, 0.2) is 0 Å². The summed E-state index contributed by atoms with van der Waals surface area (Å²) in [5.74, 6) is 0. The van der Waals surface area contributed by atoms with E-state index in [0.717, 1.165) is 19.5 Å². The van der Waals surface area contributed by atoms with Gasteiger partial charge in [0.25, 0.3) is 0 Å². The third-order valence-electron chi connectivity index (χ3n) is 3.13. The molecular weight excluding hydrogens is 349 g/mol. The molecule has 0 bridgehead atoms. The summed E-state index contributed by atoms with van der Waals surface area (Å²) in [5, 5.41) is 8.02. The van der Waals surface area contributed by atoms with Crippen LogP contribution in [0.2, 0.25) is 0 Å². The number of benzene rings is 1. The van der Waals surface area contributed by atoms with Crippen LogP contribution in [0.4, 0.5) is 0 Å². The molecule has 2 aromatic rings. The highest BCUT2D eigenvalue weighted by Crippen LogP contribution is 2.25. The molecule has 0 aliphatic carbocycles. The lowest BCUT2D eigenvalue weighted by Gasteiger charge is -2.19. The Bertz CT molecular complexity index is 522. The third kappa shape index (κ3) is 3.57. The van der Waals surface area contributed by atoms with Gasteiger partial charge in [-0.3, -0.25) is 4.68 Å². The molecule has 0 amide bonds. The van der Waals surface area contributed by atoms with Crippen LogP contribution >= 0.6 is 22.6 Å². The Balaban J connectivity index is 2.32. The van der Waals surface area contributed by atoms with Gasteiger partial charge >= 0.3 is 0 Å². The number of nitrogens with one attached hydrogen (secondary N) is 1. The van der Waals surface area contributed by atoms with Gasteiger partial charge in [0.05, 0.1) is 12.2 Å². The molecule has 1 aromatic heterocycles. The molecule has 1 aromatic carbocycles. The molecule has 0 saturated carbocycles. The second-order valence-electron chi connectivity index (χ2n) is 4.54. The molecule has 1 atom stereocenters. The average Bonchev–Trinajstić information content (AvgIpc) is 2.90. The maximum absolute atomic E-state index is 4.39. The van der Waals surface area contributed by atoms with Crippen LogP contribution in [0.5, 0.6) is 0 Å². The largest absolute Gasteiger partial charge is 0.306 e. The highest BCUT2D eigenvalue weighted by atomic mass is 127. The van der Waals surface area contributed by atoms with E-state index in [1.165, 1.54) is 14.7 Å². The van der Waals surface area contributed by atoms with E-state index in [1.54, 1.807) is 0 Å². The van der Waals surface area contributed by atoms with E-state index in [2.05, 4.69) is 77.3 Å². The quantitative estimate of drug-likeness (QED) is 0.789. The zero-order valence-corrected chi connectivity index (χ0v) is 13.6. The van der Waals surface area contributed by atoms with Gasteiger partial charge in [-0.15, -0.1) is 0 Å². The molecular formula is C15H20IN3. The standard InChI is InChI=1S/C15H20IN3/c1-3-9-17-15(12-10-18-19(4-2)11-12)13-7-5-6-8-14(13)16/h5-8,10-11,15,17H,3-4,9H2,1-2H3. The fraction of sp³-hybridized carbons (Fsp3) is 0.400. The van der Waals surface area contributed by atoms with Crippen LogP contribution in [0.15, 0.2) is 36.7 Å². The van der Waals surface area contributed by atoms with Gasteiger partial charge < -0.3 is 5.32 Å². The summed E-state index contributed by atoms with van der Waals surface area (Å²) in [6.07, 6.45) is 5.23. The third-order valence-corrected chi connectivity index (χ3v) is 4.11. The number of hydrogen-bond donors (Lipinski definition) is 1. The van der Waals surface area contributed by atoms with Crippen molar-refractivity contribution in [1.82, 2.24) is 15.1 Å². The molecule has 0 aliphatic rings. The minimum absolute atomic E-state index is 0.230. The molecule has 1 unspecified atom stereocenters. The smallest absolute Gasteiger partial charge is 0.0618 e. The van der Waals surface area contributed by atoms with Crippen molar-refractivity contribution in [3.8, 4) is 0 Å². The van der Waals surface area contributed by atoms with Crippen molar-refractivity contribution in [3.63, 3.8) is 0 Å². The lowest BCUT2D eigenvalue weighted by Crippen LogP contribution is -2.23. The second kappa shape index (κ2) is 7.05. The molecule has 102 valence electrons. The monoisotopic (exact) mass is 369 g/mol. The van der Waals surface area contributed by atoms with Crippen molar-refractivity contribution in [1.29, 1.82) is 0 Å². The van der Waals surface area contributed by atoms with Crippen molar-refractivity contribution < 1.29 is 0 Å². The highest BCUT2D eigenvalue weighted by Gasteiger charge is 2.17. The Morgan fingerprint density at radius 2 is 2.11 bits per heavy atom. The van der Waals surface area contributed by atoms with Gasteiger partial charge in [0.1, 0.15) is 0 Å². The molecule has 0 aliphatic heterocycles. The minimum Gasteiger partial charge on any atom is -0.306 e. The molecule has 0 fully saturated rings. The molecule has 3 nitrogen and oxygen atoms in total. The van der Waals surface area contributed by atoms with Crippen LogP contribution in [0.1, 0.15) is 37.4 Å². The highest BCUT2D eigenvalue weighted by molar-refractivity contribution is 14.1. The predicted molar refractivity (Wildman–Crippen MR) is 87.2 cm³/mol. The topological polar surface area (TPSA) is 29.9 Å². The van der Waals surface area contributed by atoms with Gasteiger partial charge in [-0.1, -0.05) is 25.1 Å². The zero-order valence-electron chi connectivity index (χ0n) is 11.4. The summed E-state index contributed by atoms with van der Waals surface area (Å²) in [4.78, 5) is 0. The summed E-state index contributed by atoms with van der Waals surface area (Å²) in [7, 11) is 0. The van der Waals surface area contributed by atoms with Crippen molar-refractivity contribution in [2.45, 2.75) is 32.9 Å². The molecule has 0 saturated heterocycles. The van der Waals surface area contributed by atoms with E-state index in [0.29, 0.717) is 0 Å². The Morgan fingerprint density at radius 1 is 1.32 bits per heavy atom. The minimum atomic E-state index is 0.230. The van der Waals surface area contributed by atoms with Crippen LogP contribution in [0, 0.1) is 3.57 Å². The van der Waals surface area contributed by atoms with Crippen LogP contribution < -0.4 is 5.32 Å². The first-order chi connectivity index (χ1) is 9.26. The molecule has 0 spiro atoms. The maximum Gasteiger partial charge on any atom is 0.0618 e. The molecule has 1 heterocycles. The number of halogens is 1. The van der Waals surface area contributed by atoms with Crippen LogP contribution in [-0.4, -0.2) is 16.3 Å². The van der Waals surface area contributed by atoms with Gasteiger partial charge in [0, 0.05) is 21.9 Å². The SMILES string of the molecule is CCCNC(c1cnn(CC)c1)c1ccccc1I. The van der Waals surface area contributed by atoms with Gasteiger partial charge in [0.2, 0.25) is 0 Å². The van der Waals surface area contributed by atoms with Crippen molar-refractivity contribution in [2.75, 3.05) is 6.54 Å².